The minimum atomic E-state index is -0.0638. The molecule has 0 aliphatic rings. The number of aryl methyl sites for hydroxylation is 2. The second kappa shape index (κ2) is 4.55. The monoisotopic (exact) mass is 232 g/mol. The molecule has 0 atom stereocenters. The number of imidazole rings is 1. The maximum absolute atomic E-state index is 11.4. The first-order chi connectivity index (χ1) is 8.08. The molecule has 0 unspecified atom stereocenters. The fourth-order valence-electron chi connectivity index (χ4n) is 1.76. The number of hydrogen-bond donors (Lipinski definition) is 1. The van der Waals surface area contributed by atoms with E-state index in [0.717, 1.165) is 21.6 Å². The van der Waals surface area contributed by atoms with Crippen molar-refractivity contribution in [3.05, 3.63) is 30.1 Å². The van der Waals surface area contributed by atoms with Crippen LogP contribution in [-0.4, -0.2) is 27.5 Å². The van der Waals surface area contributed by atoms with Gasteiger partial charge in [0.25, 0.3) is 0 Å². The van der Waals surface area contributed by atoms with Gasteiger partial charge in [0.05, 0.1) is 17.4 Å². The van der Waals surface area contributed by atoms with Crippen LogP contribution in [0.3, 0.4) is 0 Å². The van der Waals surface area contributed by atoms with Crippen LogP contribution in [0.1, 0.15) is 12.0 Å². The molecule has 0 aliphatic heterocycles. The SMILES string of the molecule is CN(N)C(=O)CCc1ccc2c(c1)ncn2C. The standard InChI is InChI=1S/C12H16N4O/c1-15-8-14-10-7-9(3-5-11(10)15)4-6-12(17)16(2)13/h3,5,7-8H,4,6,13H2,1-2H3. The average molecular weight is 232 g/mol. The van der Waals surface area contributed by atoms with Crippen LogP contribution in [-0.2, 0) is 18.3 Å². The highest BCUT2D eigenvalue weighted by atomic mass is 16.2. The molecular formula is C12H16N4O. The van der Waals surface area contributed by atoms with Crippen LogP contribution in [0.25, 0.3) is 11.0 Å². The lowest BCUT2D eigenvalue weighted by Gasteiger charge is -2.09. The lowest BCUT2D eigenvalue weighted by molar-refractivity contribution is -0.130. The Bertz CT molecular complexity index is 544. The van der Waals surface area contributed by atoms with E-state index in [1.54, 1.807) is 13.4 Å². The third kappa shape index (κ3) is 2.45. The molecule has 1 aromatic carbocycles. The summed E-state index contributed by atoms with van der Waals surface area (Å²) in [6.45, 7) is 0. The number of amides is 1. The first-order valence-corrected chi connectivity index (χ1v) is 5.49. The lowest BCUT2D eigenvalue weighted by Crippen LogP contribution is -2.33. The molecule has 5 nitrogen and oxygen atoms in total. The van der Waals surface area contributed by atoms with Gasteiger partial charge in [0.2, 0.25) is 5.91 Å². The second-order valence-corrected chi connectivity index (χ2v) is 4.18. The number of nitrogens with zero attached hydrogens (tertiary/aromatic N) is 3. The second-order valence-electron chi connectivity index (χ2n) is 4.18. The molecule has 2 rings (SSSR count). The molecule has 0 aliphatic carbocycles. The Morgan fingerprint density at radius 3 is 3.00 bits per heavy atom. The normalized spacial score (nSPS) is 10.8. The minimum Gasteiger partial charge on any atom is -0.334 e. The van der Waals surface area contributed by atoms with Crippen molar-refractivity contribution < 1.29 is 4.79 Å². The molecule has 1 aromatic heterocycles. The van der Waals surface area contributed by atoms with Crippen LogP contribution in [0.4, 0.5) is 0 Å². The minimum absolute atomic E-state index is 0.0638. The Hall–Kier alpha value is -1.88. The van der Waals surface area contributed by atoms with Crippen molar-refractivity contribution in [1.82, 2.24) is 14.6 Å². The molecule has 2 aromatic rings. The summed E-state index contributed by atoms with van der Waals surface area (Å²) in [5.41, 5.74) is 3.15. The summed E-state index contributed by atoms with van der Waals surface area (Å²) >= 11 is 0. The third-order valence-corrected chi connectivity index (χ3v) is 2.81. The van der Waals surface area contributed by atoms with Gasteiger partial charge < -0.3 is 4.57 Å². The smallest absolute Gasteiger partial charge is 0.236 e. The highest BCUT2D eigenvalue weighted by Crippen LogP contribution is 2.15. The van der Waals surface area contributed by atoms with Crippen molar-refractivity contribution in [2.45, 2.75) is 12.8 Å². The fraction of sp³-hybridized carbons (Fsp3) is 0.333. The zero-order valence-corrected chi connectivity index (χ0v) is 10.1. The van der Waals surface area contributed by atoms with Crippen molar-refractivity contribution in [2.75, 3.05) is 7.05 Å². The molecule has 0 saturated heterocycles. The van der Waals surface area contributed by atoms with Crippen LogP contribution in [0.15, 0.2) is 24.5 Å². The largest absolute Gasteiger partial charge is 0.334 e. The third-order valence-electron chi connectivity index (χ3n) is 2.81. The van der Waals surface area contributed by atoms with E-state index in [0.29, 0.717) is 12.8 Å². The number of carbonyl (C=O) groups excluding carboxylic acids is 1. The van der Waals surface area contributed by atoms with Crippen LogP contribution >= 0.6 is 0 Å². The molecule has 1 heterocycles. The summed E-state index contributed by atoms with van der Waals surface area (Å²) in [5, 5.41) is 1.12. The number of aromatic nitrogens is 2. The van der Waals surface area contributed by atoms with Crippen molar-refractivity contribution in [2.24, 2.45) is 12.9 Å². The number of hydrogen-bond acceptors (Lipinski definition) is 3. The average Bonchev–Trinajstić information content (AvgIpc) is 2.67. The van der Waals surface area contributed by atoms with Gasteiger partial charge in [-0.1, -0.05) is 6.07 Å². The van der Waals surface area contributed by atoms with Crippen LogP contribution < -0.4 is 5.84 Å². The Labute approximate surface area is 99.8 Å². The van der Waals surface area contributed by atoms with Crippen molar-refractivity contribution in [3.8, 4) is 0 Å². The topological polar surface area (TPSA) is 64.2 Å². The predicted octanol–water partition coefficient (Wildman–Crippen LogP) is 0.838. The van der Waals surface area contributed by atoms with E-state index in [4.69, 9.17) is 5.84 Å². The maximum Gasteiger partial charge on any atom is 0.236 e. The van der Waals surface area contributed by atoms with Gasteiger partial charge in [0.15, 0.2) is 0 Å². The van der Waals surface area contributed by atoms with Crippen molar-refractivity contribution in [3.63, 3.8) is 0 Å². The number of nitrogens with two attached hydrogens (primary N) is 1. The maximum atomic E-state index is 11.4. The zero-order chi connectivity index (χ0) is 12.4. The molecular weight excluding hydrogens is 216 g/mol. The molecule has 90 valence electrons. The summed E-state index contributed by atoms with van der Waals surface area (Å²) < 4.78 is 1.97. The van der Waals surface area contributed by atoms with Crippen LogP contribution in [0, 0.1) is 0 Å². The Morgan fingerprint density at radius 2 is 2.29 bits per heavy atom. The first kappa shape index (κ1) is 11.6. The number of benzene rings is 1. The molecule has 0 radical (unpaired) electrons. The number of carbonyl (C=O) groups is 1. The number of hydrazine groups is 1. The molecule has 5 heteroatoms. The summed E-state index contributed by atoms with van der Waals surface area (Å²) in [5.74, 6) is 5.30. The van der Waals surface area contributed by atoms with Gasteiger partial charge in [-0.15, -0.1) is 0 Å². The summed E-state index contributed by atoms with van der Waals surface area (Å²) in [4.78, 5) is 15.6. The number of rotatable bonds is 3. The molecule has 1 amide bonds. The van der Waals surface area contributed by atoms with E-state index >= 15 is 0 Å². The highest BCUT2D eigenvalue weighted by Gasteiger charge is 2.06. The van der Waals surface area contributed by atoms with E-state index in [9.17, 15) is 4.79 Å². The van der Waals surface area contributed by atoms with E-state index in [1.807, 2.05) is 29.8 Å². The van der Waals surface area contributed by atoms with Crippen molar-refractivity contribution >= 4 is 16.9 Å². The van der Waals surface area contributed by atoms with E-state index < -0.39 is 0 Å². The zero-order valence-electron chi connectivity index (χ0n) is 10.1. The van der Waals surface area contributed by atoms with Gasteiger partial charge in [-0.05, 0) is 24.1 Å². The number of fused-ring (bicyclic) bond motifs is 1. The lowest BCUT2D eigenvalue weighted by atomic mass is 10.1. The summed E-state index contributed by atoms with van der Waals surface area (Å²) in [7, 11) is 3.52. The quantitative estimate of drug-likeness (QED) is 0.484. The molecule has 0 fully saturated rings. The van der Waals surface area contributed by atoms with E-state index in [2.05, 4.69) is 4.98 Å². The summed E-state index contributed by atoms with van der Waals surface area (Å²) in [6.07, 6.45) is 2.89. The Morgan fingerprint density at radius 1 is 1.53 bits per heavy atom. The van der Waals surface area contributed by atoms with E-state index in [-0.39, 0.29) is 5.91 Å². The summed E-state index contributed by atoms with van der Waals surface area (Å²) in [6, 6.07) is 6.06. The first-order valence-electron chi connectivity index (χ1n) is 5.49. The van der Waals surface area contributed by atoms with Crippen molar-refractivity contribution in [1.29, 1.82) is 0 Å². The van der Waals surface area contributed by atoms with E-state index in [1.165, 1.54) is 0 Å². The molecule has 2 N–H and O–H groups in total. The van der Waals surface area contributed by atoms with Crippen LogP contribution in [0.2, 0.25) is 0 Å². The fourth-order valence-corrected chi connectivity index (χ4v) is 1.76. The molecule has 0 saturated carbocycles. The Kier molecular flexibility index (Phi) is 3.10. The van der Waals surface area contributed by atoms with Gasteiger partial charge in [-0.25, -0.2) is 10.8 Å². The van der Waals surface area contributed by atoms with Gasteiger partial charge in [0.1, 0.15) is 0 Å². The molecule has 0 spiro atoms. The van der Waals surface area contributed by atoms with Gasteiger partial charge in [0, 0.05) is 20.5 Å². The predicted molar refractivity (Wildman–Crippen MR) is 66.0 cm³/mol. The van der Waals surface area contributed by atoms with Gasteiger partial charge in [-0.3, -0.25) is 9.80 Å². The Balaban J connectivity index is 2.12. The van der Waals surface area contributed by atoms with Crippen LogP contribution in [0.5, 0.6) is 0 Å². The van der Waals surface area contributed by atoms with Gasteiger partial charge >= 0.3 is 0 Å². The highest BCUT2D eigenvalue weighted by molar-refractivity contribution is 5.77. The molecule has 17 heavy (non-hydrogen) atoms. The van der Waals surface area contributed by atoms with Gasteiger partial charge in [-0.2, -0.15) is 0 Å². The molecule has 0 bridgehead atoms.